The third-order valence-electron chi connectivity index (χ3n) is 4.54. The van der Waals surface area contributed by atoms with Gasteiger partial charge in [0.05, 0.1) is 5.56 Å². The molecule has 0 saturated heterocycles. The van der Waals surface area contributed by atoms with Gasteiger partial charge in [0.1, 0.15) is 5.82 Å². The number of benzene rings is 1. The Hall–Kier alpha value is -2.17. The SMILES string of the molecule is CCc1nc(-c2cc(C(=O)O)c(CC)cc2C2CCC2)n[nH]1. The highest BCUT2D eigenvalue weighted by atomic mass is 16.4. The maximum Gasteiger partial charge on any atom is 0.335 e. The van der Waals surface area contributed by atoms with Crippen molar-refractivity contribution in [2.45, 2.75) is 51.9 Å². The van der Waals surface area contributed by atoms with Crippen LogP contribution in [-0.2, 0) is 12.8 Å². The number of aromatic amines is 1. The molecule has 1 aromatic heterocycles. The smallest absolute Gasteiger partial charge is 0.335 e. The molecule has 0 atom stereocenters. The molecule has 1 fully saturated rings. The monoisotopic (exact) mass is 299 g/mol. The maximum atomic E-state index is 11.5. The predicted molar refractivity (Wildman–Crippen MR) is 84.1 cm³/mol. The molecule has 1 aromatic carbocycles. The number of carboxylic acids is 1. The summed E-state index contributed by atoms with van der Waals surface area (Å²) in [7, 11) is 0. The minimum Gasteiger partial charge on any atom is -0.478 e. The molecule has 0 amide bonds. The van der Waals surface area contributed by atoms with Crippen LogP contribution in [0.25, 0.3) is 11.4 Å². The van der Waals surface area contributed by atoms with E-state index in [1.165, 1.54) is 12.0 Å². The number of aryl methyl sites for hydroxylation is 2. The minimum absolute atomic E-state index is 0.364. The molecule has 1 aliphatic carbocycles. The summed E-state index contributed by atoms with van der Waals surface area (Å²) in [6.07, 6.45) is 5.06. The number of H-pyrrole nitrogens is 1. The van der Waals surface area contributed by atoms with Crippen LogP contribution in [0.2, 0.25) is 0 Å². The van der Waals surface area contributed by atoms with Gasteiger partial charge in [-0.1, -0.05) is 26.3 Å². The molecule has 0 spiro atoms. The van der Waals surface area contributed by atoms with Crippen LogP contribution in [0.3, 0.4) is 0 Å². The van der Waals surface area contributed by atoms with Crippen molar-refractivity contribution in [2.75, 3.05) is 0 Å². The van der Waals surface area contributed by atoms with E-state index in [0.717, 1.165) is 42.6 Å². The molecule has 1 aliphatic rings. The van der Waals surface area contributed by atoms with E-state index < -0.39 is 5.97 Å². The van der Waals surface area contributed by atoms with Crippen LogP contribution in [0.5, 0.6) is 0 Å². The van der Waals surface area contributed by atoms with Gasteiger partial charge in [-0.25, -0.2) is 9.78 Å². The molecule has 2 N–H and O–H groups in total. The lowest BCUT2D eigenvalue weighted by atomic mass is 9.77. The van der Waals surface area contributed by atoms with Crippen molar-refractivity contribution in [2.24, 2.45) is 0 Å². The van der Waals surface area contributed by atoms with Crippen molar-refractivity contribution >= 4 is 5.97 Å². The number of carboxylic acid groups (broad SMARTS) is 1. The van der Waals surface area contributed by atoms with E-state index in [2.05, 4.69) is 21.2 Å². The lowest BCUT2D eigenvalue weighted by molar-refractivity contribution is 0.0695. The third-order valence-corrected chi connectivity index (χ3v) is 4.54. The first kappa shape index (κ1) is 14.8. The van der Waals surface area contributed by atoms with Crippen molar-refractivity contribution in [3.8, 4) is 11.4 Å². The summed E-state index contributed by atoms with van der Waals surface area (Å²) in [5.41, 5.74) is 3.33. The highest BCUT2D eigenvalue weighted by molar-refractivity contribution is 5.91. The van der Waals surface area contributed by atoms with Crippen molar-refractivity contribution in [3.05, 3.63) is 34.6 Å². The first-order chi connectivity index (χ1) is 10.6. The number of carbonyl (C=O) groups is 1. The summed E-state index contributed by atoms with van der Waals surface area (Å²) in [5, 5.41) is 16.7. The summed E-state index contributed by atoms with van der Waals surface area (Å²) in [6.45, 7) is 4.01. The zero-order valence-corrected chi connectivity index (χ0v) is 13.0. The number of aromatic nitrogens is 3. The van der Waals surface area contributed by atoms with Crippen LogP contribution in [-0.4, -0.2) is 26.3 Å². The van der Waals surface area contributed by atoms with Crippen LogP contribution in [0.4, 0.5) is 0 Å². The van der Waals surface area contributed by atoms with E-state index in [1.54, 1.807) is 6.07 Å². The van der Waals surface area contributed by atoms with Gasteiger partial charge in [-0.3, -0.25) is 5.10 Å². The first-order valence-corrected chi connectivity index (χ1v) is 7.95. The molecular formula is C17H21N3O2. The molecule has 0 bridgehead atoms. The van der Waals surface area contributed by atoms with Crippen LogP contribution in [0.1, 0.15) is 66.3 Å². The number of nitrogens with zero attached hydrogens (tertiary/aromatic N) is 2. The van der Waals surface area contributed by atoms with E-state index in [1.807, 2.05) is 13.8 Å². The largest absolute Gasteiger partial charge is 0.478 e. The normalized spacial score (nSPS) is 14.8. The van der Waals surface area contributed by atoms with Gasteiger partial charge >= 0.3 is 5.97 Å². The quantitative estimate of drug-likeness (QED) is 0.884. The Labute approximate surface area is 129 Å². The molecule has 3 rings (SSSR count). The summed E-state index contributed by atoms with van der Waals surface area (Å²) >= 11 is 0. The second kappa shape index (κ2) is 5.91. The van der Waals surface area contributed by atoms with Gasteiger partial charge in [-0.15, -0.1) is 0 Å². The zero-order chi connectivity index (χ0) is 15.7. The van der Waals surface area contributed by atoms with Gasteiger partial charge in [-0.05, 0) is 42.4 Å². The zero-order valence-electron chi connectivity index (χ0n) is 13.0. The Morgan fingerprint density at radius 1 is 1.32 bits per heavy atom. The van der Waals surface area contributed by atoms with Crippen molar-refractivity contribution < 1.29 is 9.90 Å². The number of hydrogen-bond acceptors (Lipinski definition) is 3. The molecule has 0 radical (unpaired) electrons. The Kier molecular flexibility index (Phi) is 3.96. The molecule has 1 heterocycles. The molecule has 22 heavy (non-hydrogen) atoms. The Balaban J connectivity index is 2.16. The lowest BCUT2D eigenvalue weighted by Crippen LogP contribution is -2.13. The van der Waals surface area contributed by atoms with Crippen molar-refractivity contribution in [3.63, 3.8) is 0 Å². The highest BCUT2D eigenvalue weighted by Gasteiger charge is 2.26. The van der Waals surface area contributed by atoms with Crippen LogP contribution in [0, 0.1) is 0 Å². The predicted octanol–water partition coefficient (Wildman–Crippen LogP) is 3.56. The van der Waals surface area contributed by atoms with Crippen LogP contribution in [0.15, 0.2) is 12.1 Å². The van der Waals surface area contributed by atoms with Crippen LogP contribution < -0.4 is 0 Å². The number of rotatable bonds is 5. The Bertz CT molecular complexity index is 702. The molecule has 0 unspecified atom stereocenters. The number of nitrogens with one attached hydrogen (secondary N) is 1. The summed E-state index contributed by atoms with van der Waals surface area (Å²) in [4.78, 5) is 16.0. The Morgan fingerprint density at radius 2 is 2.09 bits per heavy atom. The highest BCUT2D eigenvalue weighted by Crippen LogP contribution is 2.41. The standard InChI is InChI=1S/C17H21N3O2/c1-3-10-8-12(11-6-5-7-11)14(9-13(10)17(21)22)16-18-15(4-2)19-20-16/h8-9,11H,3-7H2,1-2H3,(H,21,22)(H,18,19,20). The molecule has 2 aromatic rings. The van der Waals surface area contributed by atoms with Gasteiger partial charge < -0.3 is 5.11 Å². The average molecular weight is 299 g/mol. The van der Waals surface area contributed by atoms with Crippen LogP contribution >= 0.6 is 0 Å². The van der Waals surface area contributed by atoms with Gasteiger partial charge in [-0.2, -0.15) is 5.10 Å². The molecule has 116 valence electrons. The maximum absolute atomic E-state index is 11.5. The van der Waals surface area contributed by atoms with Gasteiger partial charge in [0, 0.05) is 12.0 Å². The van der Waals surface area contributed by atoms with E-state index in [4.69, 9.17) is 0 Å². The van der Waals surface area contributed by atoms with E-state index in [9.17, 15) is 9.90 Å². The second-order valence-corrected chi connectivity index (χ2v) is 5.84. The second-order valence-electron chi connectivity index (χ2n) is 5.84. The fraction of sp³-hybridized carbons (Fsp3) is 0.471. The summed E-state index contributed by atoms with van der Waals surface area (Å²) in [6, 6.07) is 3.82. The topological polar surface area (TPSA) is 78.9 Å². The van der Waals surface area contributed by atoms with Crippen molar-refractivity contribution in [1.82, 2.24) is 15.2 Å². The van der Waals surface area contributed by atoms with Gasteiger partial charge in [0.2, 0.25) is 0 Å². The van der Waals surface area contributed by atoms with E-state index in [0.29, 0.717) is 17.3 Å². The summed E-state index contributed by atoms with van der Waals surface area (Å²) < 4.78 is 0. The molecule has 5 heteroatoms. The summed E-state index contributed by atoms with van der Waals surface area (Å²) in [5.74, 6) is 1.06. The van der Waals surface area contributed by atoms with E-state index >= 15 is 0 Å². The van der Waals surface area contributed by atoms with E-state index in [-0.39, 0.29) is 0 Å². The number of hydrogen-bond donors (Lipinski definition) is 2. The molecule has 1 saturated carbocycles. The van der Waals surface area contributed by atoms with Crippen molar-refractivity contribution in [1.29, 1.82) is 0 Å². The third kappa shape index (κ3) is 2.51. The average Bonchev–Trinajstić information content (AvgIpc) is 2.93. The van der Waals surface area contributed by atoms with Gasteiger partial charge in [0.15, 0.2) is 5.82 Å². The fourth-order valence-corrected chi connectivity index (χ4v) is 2.98. The molecule has 0 aliphatic heterocycles. The minimum atomic E-state index is -0.885. The Morgan fingerprint density at radius 3 is 2.59 bits per heavy atom. The van der Waals surface area contributed by atoms with Gasteiger partial charge in [0.25, 0.3) is 0 Å². The number of aromatic carboxylic acids is 1. The lowest BCUT2D eigenvalue weighted by Gasteiger charge is -2.28. The fourth-order valence-electron chi connectivity index (χ4n) is 2.98. The molecule has 5 nitrogen and oxygen atoms in total. The first-order valence-electron chi connectivity index (χ1n) is 7.95. The molecular weight excluding hydrogens is 278 g/mol.